The molecule has 0 radical (unpaired) electrons. The molecule has 1 heterocycles. The maximum Gasteiger partial charge on any atom is 0.106 e. The molecule has 1 rings (SSSR count). The van der Waals surface area contributed by atoms with Crippen molar-refractivity contribution in [3.8, 4) is 0 Å². The van der Waals surface area contributed by atoms with E-state index in [4.69, 9.17) is 5.73 Å². The third-order valence-electron chi connectivity index (χ3n) is 4.51. The van der Waals surface area contributed by atoms with E-state index in [1.165, 1.54) is 0 Å². The molecule has 1 fully saturated rings. The molecule has 5 heteroatoms. The van der Waals surface area contributed by atoms with Crippen LogP contribution in [0.3, 0.4) is 0 Å². The van der Waals surface area contributed by atoms with Gasteiger partial charge in [0.1, 0.15) is 12.5 Å². The molecule has 0 bridgehead atoms. The van der Waals surface area contributed by atoms with Crippen molar-refractivity contribution in [1.82, 2.24) is 10.2 Å². The molecule has 0 aromatic carbocycles. The average molecular weight is 301 g/mol. The number of hydrogen-bond donors (Lipinski definition) is 4. The standard InChI is InChI=1S/C16H35N3O2/c1-11(20)19(12(2)21)8-7-14(17)13-9-15(3,4)18-16(5,6)10-13/h11-14,18,20-21H,7-10,17H2,1-6H3. The van der Waals surface area contributed by atoms with Gasteiger partial charge in [0.15, 0.2) is 0 Å². The lowest BCUT2D eigenvalue weighted by atomic mass is 9.72. The van der Waals surface area contributed by atoms with Crippen LogP contribution in [0.4, 0.5) is 0 Å². The van der Waals surface area contributed by atoms with Crippen LogP contribution >= 0.6 is 0 Å². The third-order valence-corrected chi connectivity index (χ3v) is 4.51. The Bertz CT molecular complexity index is 305. The molecule has 1 aliphatic heterocycles. The lowest BCUT2D eigenvalue weighted by molar-refractivity contribution is -0.0859. The summed E-state index contributed by atoms with van der Waals surface area (Å²) in [5, 5.41) is 23.0. The molecular weight excluding hydrogens is 266 g/mol. The van der Waals surface area contributed by atoms with Gasteiger partial charge in [-0.3, -0.25) is 4.90 Å². The number of nitrogens with one attached hydrogen (secondary N) is 1. The topological polar surface area (TPSA) is 81.8 Å². The number of aliphatic hydroxyl groups is 2. The minimum atomic E-state index is -0.655. The summed E-state index contributed by atoms with van der Waals surface area (Å²) in [5.74, 6) is 0.459. The Hall–Kier alpha value is -0.200. The van der Waals surface area contributed by atoms with Crippen molar-refractivity contribution >= 4 is 0 Å². The van der Waals surface area contributed by atoms with Crippen LogP contribution in [-0.2, 0) is 0 Å². The van der Waals surface area contributed by atoms with Gasteiger partial charge in [-0.2, -0.15) is 0 Å². The summed E-state index contributed by atoms with van der Waals surface area (Å²) in [6, 6.07) is 0.0886. The van der Waals surface area contributed by atoms with Gasteiger partial charge in [0.25, 0.3) is 0 Å². The summed E-state index contributed by atoms with van der Waals surface area (Å²) in [7, 11) is 0. The first kappa shape index (κ1) is 18.8. The Morgan fingerprint density at radius 3 is 1.90 bits per heavy atom. The minimum absolute atomic E-state index is 0.0886. The molecule has 0 amide bonds. The van der Waals surface area contributed by atoms with Crippen LogP contribution in [0, 0.1) is 5.92 Å². The molecule has 5 N–H and O–H groups in total. The predicted molar refractivity (Wildman–Crippen MR) is 86.7 cm³/mol. The molecule has 126 valence electrons. The van der Waals surface area contributed by atoms with E-state index in [0.717, 1.165) is 19.3 Å². The number of nitrogens with two attached hydrogens (primary N) is 1. The second-order valence-corrected chi connectivity index (χ2v) is 8.02. The van der Waals surface area contributed by atoms with Crippen LogP contribution in [0.2, 0.25) is 0 Å². The number of aliphatic hydroxyl groups excluding tert-OH is 2. The smallest absolute Gasteiger partial charge is 0.106 e. The number of nitrogens with zero attached hydrogens (tertiary/aromatic N) is 1. The van der Waals surface area contributed by atoms with E-state index in [9.17, 15) is 10.2 Å². The quantitative estimate of drug-likeness (QED) is 0.555. The lowest BCUT2D eigenvalue weighted by Gasteiger charge is -2.48. The van der Waals surface area contributed by atoms with Gasteiger partial charge < -0.3 is 21.3 Å². The summed E-state index contributed by atoms with van der Waals surface area (Å²) < 4.78 is 0. The molecule has 3 unspecified atom stereocenters. The second kappa shape index (κ2) is 6.92. The van der Waals surface area contributed by atoms with Gasteiger partial charge in [-0.1, -0.05) is 0 Å². The molecule has 0 spiro atoms. The molecule has 21 heavy (non-hydrogen) atoms. The van der Waals surface area contributed by atoms with E-state index in [2.05, 4.69) is 33.0 Å². The largest absolute Gasteiger partial charge is 0.379 e. The maximum atomic E-state index is 9.69. The SMILES string of the molecule is CC(O)N(CCC(N)C1CC(C)(C)NC(C)(C)C1)C(C)O. The minimum Gasteiger partial charge on any atom is -0.379 e. The average Bonchev–Trinajstić information content (AvgIpc) is 2.23. The fourth-order valence-corrected chi connectivity index (χ4v) is 3.92. The predicted octanol–water partition coefficient (Wildman–Crippen LogP) is 1.24. The van der Waals surface area contributed by atoms with Crippen molar-refractivity contribution in [2.75, 3.05) is 6.54 Å². The summed E-state index contributed by atoms with van der Waals surface area (Å²) >= 11 is 0. The van der Waals surface area contributed by atoms with Crippen LogP contribution in [0.15, 0.2) is 0 Å². The number of rotatable bonds is 6. The van der Waals surface area contributed by atoms with Gasteiger partial charge in [0.2, 0.25) is 0 Å². The molecule has 1 aliphatic rings. The summed E-state index contributed by atoms with van der Waals surface area (Å²) in [6.45, 7) is 12.9. The Morgan fingerprint density at radius 2 is 1.52 bits per heavy atom. The van der Waals surface area contributed by atoms with Crippen LogP contribution in [-0.4, -0.2) is 51.2 Å². The van der Waals surface area contributed by atoms with E-state index in [1.54, 1.807) is 18.7 Å². The Balaban J connectivity index is 2.60. The van der Waals surface area contributed by atoms with Crippen LogP contribution in [0.25, 0.3) is 0 Å². The highest BCUT2D eigenvalue weighted by molar-refractivity contribution is 4.99. The second-order valence-electron chi connectivity index (χ2n) is 8.02. The number of piperidine rings is 1. The highest BCUT2D eigenvalue weighted by atomic mass is 16.3. The van der Waals surface area contributed by atoms with E-state index < -0.39 is 12.5 Å². The van der Waals surface area contributed by atoms with Crippen LogP contribution in [0.5, 0.6) is 0 Å². The van der Waals surface area contributed by atoms with Crippen LogP contribution in [0.1, 0.15) is 60.8 Å². The lowest BCUT2D eigenvalue weighted by Crippen LogP contribution is -2.60. The van der Waals surface area contributed by atoms with E-state index in [0.29, 0.717) is 12.5 Å². The van der Waals surface area contributed by atoms with E-state index >= 15 is 0 Å². The zero-order valence-electron chi connectivity index (χ0n) is 14.6. The molecule has 3 atom stereocenters. The number of hydrogen-bond acceptors (Lipinski definition) is 5. The first-order valence-corrected chi connectivity index (χ1v) is 8.10. The fourth-order valence-electron chi connectivity index (χ4n) is 3.92. The summed E-state index contributed by atoms with van der Waals surface area (Å²) in [4.78, 5) is 1.66. The Morgan fingerprint density at radius 1 is 1.10 bits per heavy atom. The highest BCUT2D eigenvalue weighted by Gasteiger charge is 2.39. The van der Waals surface area contributed by atoms with Crippen molar-refractivity contribution in [2.45, 2.75) is 90.4 Å². The van der Waals surface area contributed by atoms with Crippen molar-refractivity contribution < 1.29 is 10.2 Å². The maximum absolute atomic E-state index is 9.69. The zero-order chi connectivity index (χ0) is 16.4. The van der Waals surface area contributed by atoms with Crippen molar-refractivity contribution in [2.24, 2.45) is 11.7 Å². The molecule has 1 saturated heterocycles. The molecule has 0 aromatic heterocycles. The van der Waals surface area contributed by atoms with Crippen molar-refractivity contribution in [3.05, 3.63) is 0 Å². The first-order valence-electron chi connectivity index (χ1n) is 8.10. The van der Waals surface area contributed by atoms with E-state index in [1.807, 2.05) is 0 Å². The summed E-state index contributed by atoms with van der Waals surface area (Å²) in [5.41, 5.74) is 6.61. The zero-order valence-corrected chi connectivity index (χ0v) is 14.6. The van der Waals surface area contributed by atoms with Gasteiger partial charge in [-0.25, -0.2) is 0 Å². The monoisotopic (exact) mass is 301 g/mol. The van der Waals surface area contributed by atoms with E-state index in [-0.39, 0.29) is 17.1 Å². The summed E-state index contributed by atoms with van der Waals surface area (Å²) in [6.07, 6.45) is 1.59. The normalized spacial score (nSPS) is 26.6. The van der Waals surface area contributed by atoms with Crippen molar-refractivity contribution in [3.63, 3.8) is 0 Å². The highest BCUT2D eigenvalue weighted by Crippen LogP contribution is 2.34. The Labute approximate surface area is 129 Å². The first-order chi connectivity index (χ1) is 9.43. The molecule has 5 nitrogen and oxygen atoms in total. The molecular formula is C16H35N3O2. The molecule has 0 aromatic rings. The van der Waals surface area contributed by atoms with Gasteiger partial charge in [0, 0.05) is 23.7 Å². The van der Waals surface area contributed by atoms with Gasteiger partial charge in [0.05, 0.1) is 0 Å². The van der Waals surface area contributed by atoms with Crippen LogP contribution < -0.4 is 11.1 Å². The van der Waals surface area contributed by atoms with Gasteiger partial charge in [-0.05, 0) is 66.7 Å². The van der Waals surface area contributed by atoms with Gasteiger partial charge in [-0.15, -0.1) is 0 Å². The fraction of sp³-hybridized carbons (Fsp3) is 1.00. The van der Waals surface area contributed by atoms with Gasteiger partial charge >= 0.3 is 0 Å². The van der Waals surface area contributed by atoms with Crippen molar-refractivity contribution in [1.29, 1.82) is 0 Å². The molecule has 0 aliphatic carbocycles. The third kappa shape index (κ3) is 5.83. The Kier molecular flexibility index (Phi) is 6.21. The molecule has 0 saturated carbocycles.